The number of hydrogen-bond acceptors (Lipinski definition) is 6. The summed E-state index contributed by atoms with van der Waals surface area (Å²) in [4.78, 5) is 37.6. The molecule has 0 amide bonds. The van der Waals surface area contributed by atoms with Gasteiger partial charge in [-0.15, -0.1) is 0 Å². The minimum Gasteiger partial charge on any atom is -0.456 e. The Kier molecular flexibility index (Phi) is 6.26. The summed E-state index contributed by atoms with van der Waals surface area (Å²) in [5, 5.41) is 24.6. The highest BCUT2D eigenvalue weighted by Gasteiger charge is 2.75. The Balaban J connectivity index is 1.77. The van der Waals surface area contributed by atoms with Gasteiger partial charge in [0.1, 0.15) is 23.1 Å². The third-order valence-corrected chi connectivity index (χ3v) is 10.1. The Bertz CT molecular complexity index is 962. The zero-order valence-corrected chi connectivity index (χ0v) is 21.4. The third kappa shape index (κ3) is 3.55. The van der Waals surface area contributed by atoms with Gasteiger partial charge in [-0.3, -0.25) is 9.59 Å². The maximum atomic E-state index is 12.9. The lowest BCUT2D eigenvalue weighted by molar-refractivity contribution is -0.260. The van der Waals surface area contributed by atoms with Crippen molar-refractivity contribution in [3.63, 3.8) is 0 Å². The zero-order chi connectivity index (χ0) is 25.2. The van der Waals surface area contributed by atoms with E-state index in [0.29, 0.717) is 32.1 Å². The summed E-state index contributed by atoms with van der Waals surface area (Å²) in [6.07, 6.45) is 5.24. The van der Waals surface area contributed by atoms with Gasteiger partial charge < -0.3 is 14.9 Å². The first-order valence-electron chi connectivity index (χ1n) is 12.8. The molecule has 0 aromatic carbocycles. The maximum Gasteiger partial charge on any atom is 0.331 e. The van der Waals surface area contributed by atoms with Crippen LogP contribution in [0.5, 0.6) is 0 Å². The van der Waals surface area contributed by atoms with Gasteiger partial charge in [0.05, 0.1) is 0 Å². The Morgan fingerprint density at radius 1 is 1.18 bits per heavy atom. The first kappa shape index (κ1) is 25.3. The quantitative estimate of drug-likeness (QED) is 0.475. The first-order valence-corrected chi connectivity index (χ1v) is 12.8. The second-order valence-electron chi connectivity index (χ2n) is 12.0. The van der Waals surface area contributed by atoms with E-state index >= 15 is 0 Å². The summed E-state index contributed by atoms with van der Waals surface area (Å²) < 4.78 is 5.91. The van der Waals surface area contributed by atoms with Crippen molar-refractivity contribution in [3.8, 4) is 0 Å². The van der Waals surface area contributed by atoms with Crippen molar-refractivity contribution in [2.45, 2.75) is 97.4 Å². The van der Waals surface area contributed by atoms with E-state index in [2.05, 4.69) is 6.92 Å². The number of esters is 1. The van der Waals surface area contributed by atoms with E-state index in [1.165, 1.54) is 13.0 Å². The number of carbonyl (C=O) groups is 3. The molecule has 2 N–H and O–H groups in total. The second-order valence-corrected chi connectivity index (χ2v) is 12.0. The molecule has 3 fully saturated rings. The molecule has 0 bridgehead atoms. The van der Waals surface area contributed by atoms with Gasteiger partial charge >= 0.3 is 5.97 Å². The molecular weight excluding hydrogens is 432 g/mol. The van der Waals surface area contributed by atoms with Gasteiger partial charge in [0.25, 0.3) is 0 Å². The molecule has 34 heavy (non-hydrogen) atoms. The summed E-state index contributed by atoms with van der Waals surface area (Å²) in [5.41, 5.74) is -1.52. The predicted molar refractivity (Wildman–Crippen MR) is 128 cm³/mol. The molecule has 3 saturated carbocycles. The van der Waals surface area contributed by atoms with Crippen LogP contribution < -0.4 is 0 Å². The Labute approximate surface area is 202 Å². The third-order valence-electron chi connectivity index (χ3n) is 10.1. The summed E-state index contributed by atoms with van der Waals surface area (Å²) in [7, 11) is 0. The Morgan fingerprint density at radius 2 is 1.85 bits per heavy atom. The monoisotopic (exact) mass is 472 g/mol. The number of allylic oxidation sites excluding steroid dienone is 3. The smallest absolute Gasteiger partial charge is 0.331 e. The molecule has 6 nitrogen and oxygen atoms in total. The van der Waals surface area contributed by atoms with Crippen LogP contribution in [-0.2, 0) is 19.1 Å². The van der Waals surface area contributed by atoms with Gasteiger partial charge in [-0.1, -0.05) is 38.8 Å². The van der Waals surface area contributed by atoms with Crippen LogP contribution in [0.1, 0.15) is 80.1 Å². The van der Waals surface area contributed by atoms with Crippen molar-refractivity contribution in [3.05, 3.63) is 23.3 Å². The highest BCUT2D eigenvalue weighted by Crippen LogP contribution is 2.68. The molecule has 8 atom stereocenters. The molecule has 0 aromatic rings. The number of carbonyl (C=O) groups excluding carboxylic acids is 3. The van der Waals surface area contributed by atoms with E-state index in [1.807, 2.05) is 27.7 Å². The van der Waals surface area contributed by atoms with Crippen molar-refractivity contribution in [1.82, 2.24) is 0 Å². The highest BCUT2D eigenvalue weighted by atomic mass is 16.6. The van der Waals surface area contributed by atoms with Gasteiger partial charge in [-0.05, 0) is 81.1 Å². The summed E-state index contributed by atoms with van der Waals surface area (Å²) in [5.74, 6) is -1.60. The normalized spacial score (nSPS) is 44.1. The van der Waals surface area contributed by atoms with Gasteiger partial charge in [0.15, 0.2) is 5.78 Å². The van der Waals surface area contributed by atoms with Crippen LogP contribution in [0, 0.1) is 35.0 Å². The number of aliphatic hydroxyl groups is 2. The van der Waals surface area contributed by atoms with Crippen LogP contribution in [0.4, 0.5) is 0 Å². The van der Waals surface area contributed by atoms with Crippen molar-refractivity contribution in [1.29, 1.82) is 0 Å². The van der Waals surface area contributed by atoms with E-state index in [-0.39, 0.29) is 41.2 Å². The fourth-order valence-corrected chi connectivity index (χ4v) is 7.62. The van der Waals surface area contributed by atoms with E-state index in [4.69, 9.17) is 4.74 Å². The van der Waals surface area contributed by atoms with Crippen molar-refractivity contribution >= 4 is 17.5 Å². The molecule has 6 heteroatoms. The molecule has 8 unspecified atom stereocenters. The largest absolute Gasteiger partial charge is 0.456 e. The average Bonchev–Trinajstić information content (AvgIpc) is 3.00. The number of fused-ring (bicyclic) bond motifs is 5. The molecule has 0 aromatic heterocycles. The standard InChI is InChI=1S/C28H40O6/c1-15(2)16(3)11-25(31)34-24-13-21(18(5)29)17(4)27(32)14-23-22(28(24,27)33)8-7-19-12-20(30)9-10-26(19,23)6/h11-12,15,17,21-24,32-33H,7-10,13-14H2,1-6H3. The van der Waals surface area contributed by atoms with E-state index in [9.17, 15) is 24.6 Å². The molecule has 0 spiro atoms. The van der Waals surface area contributed by atoms with Gasteiger partial charge in [-0.2, -0.15) is 0 Å². The van der Waals surface area contributed by atoms with Crippen molar-refractivity contribution < 1.29 is 29.3 Å². The van der Waals surface area contributed by atoms with Gasteiger partial charge in [-0.25, -0.2) is 4.79 Å². The van der Waals surface area contributed by atoms with Crippen LogP contribution in [0.15, 0.2) is 23.3 Å². The van der Waals surface area contributed by atoms with Crippen LogP contribution >= 0.6 is 0 Å². The molecule has 0 aliphatic heterocycles. The van der Waals surface area contributed by atoms with E-state index in [0.717, 1.165) is 11.1 Å². The van der Waals surface area contributed by atoms with Crippen LogP contribution in [-0.4, -0.2) is 45.1 Å². The minimum absolute atomic E-state index is 0.0575. The van der Waals surface area contributed by atoms with Gasteiger partial charge in [0.2, 0.25) is 0 Å². The molecule has 4 aliphatic carbocycles. The highest BCUT2D eigenvalue weighted by molar-refractivity contribution is 5.91. The van der Waals surface area contributed by atoms with E-state index < -0.39 is 35.1 Å². The van der Waals surface area contributed by atoms with Crippen LogP contribution in [0.3, 0.4) is 0 Å². The fourth-order valence-electron chi connectivity index (χ4n) is 7.62. The SMILES string of the molecule is CC(=O)C1CC(OC(=O)C=C(C)C(C)C)C2(O)C3CCC4=CC(=O)CCC4(C)C3CC2(O)C1C. The number of rotatable bonds is 4. The second kappa shape index (κ2) is 8.41. The zero-order valence-electron chi connectivity index (χ0n) is 21.4. The Morgan fingerprint density at radius 3 is 2.47 bits per heavy atom. The Hall–Kier alpha value is -1.79. The molecule has 0 saturated heterocycles. The summed E-state index contributed by atoms with van der Waals surface area (Å²) >= 11 is 0. The summed E-state index contributed by atoms with van der Waals surface area (Å²) in [6.45, 7) is 11.3. The topological polar surface area (TPSA) is 101 Å². The predicted octanol–water partition coefficient (Wildman–Crippen LogP) is 3.93. The number of ketones is 2. The lowest BCUT2D eigenvalue weighted by atomic mass is 9.54. The van der Waals surface area contributed by atoms with Crippen LogP contribution in [0.2, 0.25) is 0 Å². The molecule has 0 heterocycles. The summed E-state index contributed by atoms with van der Waals surface area (Å²) in [6, 6.07) is 0. The molecular formula is C28H40O6. The van der Waals surface area contributed by atoms with E-state index in [1.54, 1.807) is 6.08 Å². The van der Waals surface area contributed by atoms with Crippen LogP contribution in [0.25, 0.3) is 0 Å². The number of Topliss-reactive ketones (excluding diaryl/α,β-unsaturated/α-hetero) is 1. The maximum absolute atomic E-state index is 12.9. The van der Waals surface area contributed by atoms with Crippen molar-refractivity contribution in [2.24, 2.45) is 35.0 Å². The molecule has 4 aliphatic rings. The number of hydrogen-bond donors (Lipinski definition) is 2. The molecule has 4 rings (SSSR count). The average molecular weight is 473 g/mol. The minimum atomic E-state index is -1.64. The number of ether oxygens (including phenoxy) is 1. The first-order chi connectivity index (χ1) is 15.8. The molecule has 188 valence electrons. The molecule has 0 radical (unpaired) electrons. The lowest BCUT2D eigenvalue weighted by Crippen LogP contribution is -2.70. The fraction of sp³-hybridized carbons (Fsp3) is 0.750. The van der Waals surface area contributed by atoms with Crippen molar-refractivity contribution in [2.75, 3.05) is 0 Å². The lowest BCUT2D eigenvalue weighted by Gasteiger charge is -2.55. The van der Waals surface area contributed by atoms with Gasteiger partial charge in [0, 0.05) is 18.4 Å².